The van der Waals surface area contributed by atoms with E-state index in [1.807, 2.05) is 0 Å². The molecule has 100 valence electrons. The Hall–Kier alpha value is -0.160. The fourth-order valence-electron chi connectivity index (χ4n) is 2.96. The van der Waals surface area contributed by atoms with E-state index in [4.69, 9.17) is 9.84 Å². The minimum atomic E-state index is 0.144. The average Bonchev–Trinajstić information content (AvgIpc) is 2.38. The molecule has 4 nitrogen and oxygen atoms in total. The SMILES string of the molecule is OCCOC1CCCN(CC2CCNCC2)C1. The third kappa shape index (κ3) is 4.54. The molecule has 0 aromatic rings. The van der Waals surface area contributed by atoms with E-state index in [2.05, 4.69) is 10.2 Å². The number of nitrogens with one attached hydrogen (secondary N) is 1. The van der Waals surface area contributed by atoms with Gasteiger partial charge >= 0.3 is 0 Å². The van der Waals surface area contributed by atoms with Crippen LogP contribution in [0.2, 0.25) is 0 Å². The van der Waals surface area contributed by atoms with Gasteiger partial charge in [-0.2, -0.15) is 0 Å². The number of hydrogen-bond donors (Lipinski definition) is 2. The molecule has 1 atom stereocenters. The Bertz CT molecular complexity index is 208. The highest BCUT2D eigenvalue weighted by atomic mass is 16.5. The molecule has 1 unspecified atom stereocenters. The Morgan fingerprint density at radius 3 is 2.82 bits per heavy atom. The quantitative estimate of drug-likeness (QED) is 0.735. The molecule has 0 aliphatic carbocycles. The molecular weight excluding hydrogens is 216 g/mol. The van der Waals surface area contributed by atoms with E-state index >= 15 is 0 Å². The molecule has 17 heavy (non-hydrogen) atoms. The van der Waals surface area contributed by atoms with Gasteiger partial charge in [-0.1, -0.05) is 0 Å². The zero-order valence-corrected chi connectivity index (χ0v) is 10.7. The summed E-state index contributed by atoms with van der Waals surface area (Å²) in [6.45, 7) is 6.52. The smallest absolute Gasteiger partial charge is 0.0703 e. The molecule has 0 aromatic heterocycles. The highest BCUT2D eigenvalue weighted by Gasteiger charge is 2.23. The highest BCUT2D eigenvalue weighted by Crippen LogP contribution is 2.18. The van der Waals surface area contributed by atoms with Crippen LogP contribution in [0.3, 0.4) is 0 Å². The molecule has 0 aromatic carbocycles. The number of hydrogen-bond acceptors (Lipinski definition) is 4. The van der Waals surface area contributed by atoms with Crippen molar-refractivity contribution in [3.63, 3.8) is 0 Å². The monoisotopic (exact) mass is 242 g/mol. The van der Waals surface area contributed by atoms with Crippen molar-refractivity contribution in [1.29, 1.82) is 0 Å². The van der Waals surface area contributed by atoms with Gasteiger partial charge in [-0.3, -0.25) is 0 Å². The van der Waals surface area contributed by atoms with Crippen LogP contribution in [0.1, 0.15) is 25.7 Å². The standard InChI is InChI=1S/C13H26N2O2/c16-8-9-17-13-2-1-7-15(11-13)10-12-3-5-14-6-4-12/h12-14,16H,1-11H2. The molecular formula is C13H26N2O2. The van der Waals surface area contributed by atoms with E-state index in [9.17, 15) is 0 Å². The van der Waals surface area contributed by atoms with Crippen molar-refractivity contribution in [2.24, 2.45) is 5.92 Å². The first kappa shape index (κ1) is 13.3. The van der Waals surface area contributed by atoms with Crippen molar-refractivity contribution < 1.29 is 9.84 Å². The Balaban J connectivity index is 1.68. The zero-order chi connectivity index (χ0) is 11.9. The van der Waals surface area contributed by atoms with Gasteiger partial charge in [0, 0.05) is 13.1 Å². The van der Waals surface area contributed by atoms with Crippen molar-refractivity contribution in [2.75, 3.05) is 45.9 Å². The summed E-state index contributed by atoms with van der Waals surface area (Å²) in [7, 11) is 0. The van der Waals surface area contributed by atoms with Crippen LogP contribution in [0.5, 0.6) is 0 Å². The third-order valence-electron chi connectivity index (χ3n) is 3.88. The second-order valence-electron chi connectivity index (χ2n) is 5.31. The first-order valence-corrected chi connectivity index (χ1v) is 7.04. The molecule has 0 radical (unpaired) electrons. The van der Waals surface area contributed by atoms with E-state index in [1.54, 1.807) is 0 Å². The minimum Gasteiger partial charge on any atom is -0.394 e. The van der Waals surface area contributed by atoms with E-state index in [-0.39, 0.29) is 6.61 Å². The van der Waals surface area contributed by atoms with Gasteiger partial charge in [0.2, 0.25) is 0 Å². The van der Waals surface area contributed by atoms with Gasteiger partial charge in [0.05, 0.1) is 19.3 Å². The molecule has 2 fully saturated rings. The maximum absolute atomic E-state index is 8.78. The molecule has 0 bridgehead atoms. The third-order valence-corrected chi connectivity index (χ3v) is 3.88. The molecule has 2 N–H and O–H groups in total. The van der Waals surface area contributed by atoms with Crippen LogP contribution in [-0.4, -0.2) is 62.0 Å². The summed E-state index contributed by atoms with van der Waals surface area (Å²) in [6.07, 6.45) is 5.37. The second kappa shape index (κ2) is 7.31. The van der Waals surface area contributed by atoms with Crippen LogP contribution >= 0.6 is 0 Å². The Morgan fingerprint density at radius 2 is 2.06 bits per heavy atom. The van der Waals surface area contributed by atoms with Gasteiger partial charge in [-0.15, -0.1) is 0 Å². The topological polar surface area (TPSA) is 44.7 Å². The summed E-state index contributed by atoms with van der Waals surface area (Å²) < 4.78 is 5.65. The minimum absolute atomic E-state index is 0.144. The predicted octanol–water partition coefficient (Wildman–Crippen LogP) is 0.459. The van der Waals surface area contributed by atoms with Gasteiger partial charge < -0.3 is 20.1 Å². The van der Waals surface area contributed by atoms with Crippen LogP contribution in [0.4, 0.5) is 0 Å². The van der Waals surface area contributed by atoms with E-state index in [0.717, 1.165) is 18.9 Å². The van der Waals surface area contributed by atoms with E-state index < -0.39 is 0 Å². The van der Waals surface area contributed by atoms with E-state index in [0.29, 0.717) is 12.7 Å². The highest BCUT2D eigenvalue weighted by molar-refractivity contribution is 4.78. The largest absolute Gasteiger partial charge is 0.394 e. The molecule has 0 saturated carbocycles. The lowest BCUT2D eigenvalue weighted by Crippen LogP contribution is -2.44. The van der Waals surface area contributed by atoms with Gasteiger partial charge in [-0.05, 0) is 51.2 Å². The number of rotatable bonds is 5. The fourth-order valence-corrected chi connectivity index (χ4v) is 2.96. The Labute approximate surface area is 104 Å². The van der Waals surface area contributed by atoms with Crippen molar-refractivity contribution >= 4 is 0 Å². The van der Waals surface area contributed by atoms with Crippen molar-refractivity contribution in [2.45, 2.75) is 31.8 Å². The maximum Gasteiger partial charge on any atom is 0.0703 e. The number of aliphatic hydroxyl groups excluding tert-OH is 1. The van der Waals surface area contributed by atoms with Crippen molar-refractivity contribution in [1.82, 2.24) is 10.2 Å². The molecule has 2 rings (SSSR count). The molecule has 2 aliphatic rings. The Kier molecular flexibility index (Phi) is 5.71. The van der Waals surface area contributed by atoms with Gasteiger partial charge in [0.15, 0.2) is 0 Å². The summed E-state index contributed by atoms with van der Waals surface area (Å²) in [5, 5.41) is 12.2. The lowest BCUT2D eigenvalue weighted by Gasteiger charge is -2.36. The van der Waals surface area contributed by atoms with Gasteiger partial charge in [-0.25, -0.2) is 0 Å². The number of aliphatic hydroxyl groups is 1. The van der Waals surface area contributed by atoms with Gasteiger partial charge in [0.25, 0.3) is 0 Å². The molecule has 2 saturated heterocycles. The second-order valence-corrected chi connectivity index (χ2v) is 5.31. The summed E-state index contributed by atoms with van der Waals surface area (Å²) in [5.74, 6) is 0.868. The molecule has 0 spiro atoms. The molecule has 4 heteroatoms. The first-order valence-electron chi connectivity index (χ1n) is 7.04. The van der Waals surface area contributed by atoms with Crippen molar-refractivity contribution in [3.05, 3.63) is 0 Å². The Morgan fingerprint density at radius 1 is 1.24 bits per heavy atom. The van der Waals surface area contributed by atoms with Crippen LogP contribution in [-0.2, 0) is 4.74 Å². The number of piperidine rings is 2. The summed E-state index contributed by atoms with van der Waals surface area (Å²) in [6, 6.07) is 0. The molecule has 0 amide bonds. The number of likely N-dealkylation sites (tertiary alicyclic amines) is 1. The van der Waals surface area contributed by atoms with Crippen LogP contribution in [0, 0.1) is 5.92 Å². The fraction of sp³-hybridized carbons (Fsp3) is 1.00. The van der Waals surface area contributed by atoms with Crippen LogP contribution in [0.15, 0.2) is 0 Å². The van der Waals surface area contributed by atoms with Crippen LogP contribution in [0.25, 0.3) is 0 Å². The normalized spacial score (nSPS) is 28.4. The number of nitrogens with zero attached hydrogens (tertiary/aromatic N) is 1. The summed E-state index contributed by atoms with van der Waals surface area (Å²) >= 11 is 0. The number of ether oxygens (including phenoxy) is 1. The van der Waals surface area contributed by atoms with Crippen molar-refractivity contribution in [3.8, 4) is 0 Å². The molecule has 2 aliphatic heterocycles. The lowest BCUT2D eigenvalue weighted by molar-refractivity contribution is -0.0183. The molecule has 2 heterocycles. The average molecular weight is 242 g/mol. The predicted molar refractivity (Wildman–Crippen MR) is 68.1 cm³/mol. The van der Waals surface area contributed by atoms with Crippen LogP contribution < -0.4 is 5.32 Å². The summed E-state index contributed by atoms with van der Waals surface area (Å²) in [5.41, 5.74) is 0. The lowest BCUT2D eigenvalue weighted by atomic mass is 9.96. The zero-order valence-electron chi connectivity index (χ0n) is 10.7. The summed E-state index contributed by atoms with van der Waals surface area (Å²) in [4.78, 5) is 2.56. The van der Waals surface area contributed by atoms with E-state index in [1.165, 1.54) is 45.4 Å². The van der Waals surface area contributed by atoms with Gasteiger partial charge in [0.1, 0.15) is 0 Å². The first-order chi connectivity index (χ1) is 8.38. The maximum atomic E-state index is 8.78.